The van der Waals surface area contributed by atoms with Crippen LogP contribution in [-0.4, -0.2) is 27.1 Å². The van der Waals surface area contributed by atoms with E-state index in [0.717, 1.165) is 27.0 Å². The van der Waals surface area contributed by atoms with E-state index in [1.165, 1.54) is 0 Å². The van der Waals surface area contributed by atoms with Crippen molar-refractivity contribution >= 4 is 43.2 Å². The van der Waals surface area contributed by atoms with Gasteiger partial charge in [0.15, 0.2) is 0 Å². The van der Waals surface area contributed by atoms with Gasteiger partial charge in [-0.1, -0.05) is 47.1 Å². The van der Waals surface area contributed by atoms with E-state index in [-0.39, 0.29) is 12.5 Å². The minimum Gasteiger partial charge on any atom is -0.324 e. The van der Waals surface area contributed by atoms with Gasteiger partial charge in [0, 0.05) is 10.2 Å². The minimum absolute atomic E-state index is 0.284. The van der Waals surface area contributed by atoms with Gasteiger partial charge in [0.2, 0.25) is 15.9 Å². The molecule has 0 fully saturated rings. The molecule has 2 aromatic carbocycles. The molecule has 2 aromatic rings. The first-order chi connectivity index (χ1) is 11.3. The maximum Gasteiger partial charge on any atom is 0.245 e. The quantitative estimate of drug-likeness (QED) is 0.792. The van der Waals surface area contributed by atoms with E-state index >= 15 is 0 Å². The molecule has 0 aliphatic rings. The van der Waals surface area contributed by atoms with E-state index in [0.29, 0.717) is 11.4 Å². The second kappa shape index (κ2) is 7.81. The lowest BCUT2D eigenvalue weighted by Crippen LogP contribution is -2.37. The first-order valence-corrected chi connectivity index (χ1v) is 10.1. The van der Waals surface area contributed by atoms with Crippen molar-refractivity contribution < 1.29 is 13.2 Å². The van der Waals surface area contributed by atoms with Crippen molar-refractivity contribution in [2.45, 2.75) is 13.3 Å². The second-order valence-corrected chi connectivity index (χ2v) is 8.13. The van der Waals surface area contributed by atoms with Crippen LogP contribution in [0.15, 0.2) is 53.0 Å². The lowest BCUT2D eigenvalue weighted by Gasteiger charge is -2.22. The number of amides is 1. The lowest BCUT2D eigenvalue weighted by molar-refractivity contribution is -0.114. The summed E-state index contributed by atoms with van der Waals surface area (Å²) in [4.78, 5) is 12.4. The number of anilines is 2. The molecular formula is C17H19BrN2O3S. The summed E-state index contributed by atoms with van der Waals surface area (Å²) in [7, 11) is -3.59. The van der Waals surface area contributed by atoms with Crippen LogP contribution in [0.25, 0.3) is 0 Å². The third kappa shape index (κ3) is 4.82. The molecule has 5 nitrogen and oxygen atoms in total. The van der Waals surface area contributed by atoms with Crippen LogP contribution in [0.1, 0.15) is 12.5 Å². The highest BCUT2D eigenvalue weighted by atomic mass is 79.9. The fraction of sp³-hybridized carbons (Fsp3) is 0.235. The Morgan fingerprint density at radius 3 is 2.50 bits per heavy atom. The van der Waals surface area contributed by atoms with Gasteiger partial charge in [0.1, 0.15) is 6.54 Å². The molecular weight excluding hydrogens is 392 g/mol. The molecule has 2 rings (SSSR count). The Bertz CT molecular complexity index is 837. The molecule has 24 heavy (non-hydrogen) atoms. The van der Waals surface area contributed by atoms with Gasteiger partial charge in [-0.25, -0.2) is 8.42 Å². The smallest absolute Gasteiger partial charge is 0.245 e. The molecule has 0 aliphatic carbocycles. The highest BCUT2D eigenvalue weighted by Gasteiger charge is 2.21. The molecule has 0 unspecified atom stereocenters. The van der Waals surface area contributed by atoms with Crippen LogP contribution >= 0.6 is 15.9 Å². The van der Waals surface area contributed by atoms with Gasteiger partial charge in [-0.05, 0) is 36.2 Å². The molecule has 7 heteroatoms. The predicted molar refractivity (Wildman–Crippen MR) is 101 cm³/mol. The summed E-state index contributed by atoms with van der Waals surface area (Å²) >= 11 is 3.31. The van der Waals surface area contributed by atoms with Crippen LogP contribution in [0.3, 0.4) is 0 Å². The van der Waals surface area contributed by atoms with E-state index in [1.54, 1.807) is 30.3 Å². The van der Waals surface area contributed by atoms with Crippen molar-refractivity contribution in [2.75, 3.05) is 22.4 Å². The fourth-order valence-corrected chi connectivity index (χ4v) is 3.54. The Morgan fingerprint density at radius 1 is 1.17 bits per heavy atom. The van der Waals surface area contributed by atoms with E-state index in [2.05, 4.69) is 21.2 Å². The van der Waals surface area contributed by atoms with E-state index in [1.807, 2.05) is 25.1 Å². The normalized spacial score (nSPS) is 11.1. The van der Waals surface area contributed by atoms with E-state index in [4.69, 9.17) is 0 Å². The van der Waals surface area contributed by atoms with Gasteiger partial charge in [-0.15, -0.1) is 0 Å². The van der Waals surface area contributed by atoms with Crippen molar-refractivity contribution in [3.63, 3.8) is 0 Å². The van der Waals surface area contributed by atoms with Gasteiger partial charge < -0.3 is 5.32 Å². The van der Waals surface area contributed by atoms with Crippen LogP contribution in [-0.2, 0) is 21.2 Å². The molecule has 0 heterocycles. The summed E-state index contributed by atoms with van der Waals surface area (Å²) in [5.74, 6) is -0.388. The molecule has 0 aliphatic heterocycles. The molecule has 0 bridgehead atoms. The second-order valence-electron chi connectivity index (χ2n) is 5.31. The molecule has 0 radical (unpaired) electrons. The van der Waals surface area contributed by atoms with Gasteiger partial charge in [-0.2, -0.15) is 0 Å². The SMILES string of the molecule is CCc1ccccc1NC(=O)CN(c1cccc(Br)c1)S(C)(=O)=O. The number of halogens is 1. The molecule has 128 valence electrons. The van der Waals surface area contributed by atoms with Crippen LogP contribution in [0.2, 0.25) is 0 Å². The number of benzene rings is 2. The third-order valence-electron chi connectivity index (χ3n) is 3.46. The summed E-state index contributed by atoms with van der Waals surface area (Å²) in [6.07, 6.45) is 1.86. The fourth-order valence-electron chi connectivity index (χ4n) is 2.30. The van der Waals surface area contributed by atoms with Crippen molar-refractivity contribution in [1.82, 2.24) is 0 Å². The van der Waals surface area contributed by atoms with Crippen molar-refractivity contribution in [3.05, 3.63) is 58.6 Å². The zero-order valence-corrected chi connectivity index (χ0v) is 15.9. The minimum atomic E-state index is -3.59. The number of aryl methyl sites for hydroxylation is 1. The van der Waals surface area contributed by atoms with Crippen LogP contribution in [0.4, 0.5) is 11.4 Å². The Balaban J connectivity index is 2.23. The monoisotopic (exact) mass is 410 g/mol. The number of rotatable bonds is 6. The Hall–Kier alpha value is -1.86. The van der Waals surface area contributed by atoms with Gasteiger partial charge >= 0.3 is 0 Å². The number of carbonyl (C=O) groups is 1. The largest absolute Gasteiger partial charge is 0.324 e. The standard InChI is InChI=1S/C17H19BrN2O3S/c1-3-13-7-4-5-10-16(13)19-17(21)12-20(24(2,22)23)15-9-6-8-14(18)11-15/h4-11H,3,12H2,1-2H3,(H,19,21). The van der Waals surface area contributed by atoms with Crippen LogP contribution in [0, 0.1) is 0 Å². The van der Waals surface area contributed by atoms with E-state index < -0.39 is 10.0 Å². The van der Waals surface area contributed by atoms with Gasteiger partial charge in [-0.3, -0.25) is 9.10 Å². The van der Waals surface area contributed by atoms with Crippen molar-refractivity contribution in [1.29, 1.82) is 0 Å². The van der Waals surface area contributed by atoms with Gasteiger partial charge in [0.05, 0.1) is 11.9 Å². The highest BCUT2D eigenvalue weighted by Crippen LogP contribution is 2.22. The molecule has 0 atom stereocenters. The third-order valence-corrected chi connectivity index (χ3v) is 5.09. The number of carbonyl (C=O) groups excluding carboxylic acids is 1. The number of para-hydroxylation sites is 1. The van der Waals surface area contributed by atoms with E-state index in [9.17, 15) is 13.2 Å². The molecule has 0 saturated carbocycles. The number of hydrogen-bond donors (Lipinski definition) is 1. The topological polar surface area (TPSA) is 66.5 Å². The Labute approximate surface area is 150 Å². The Kier molecular flexibility index (Phi) is 6.01. The first-order valence-electron chi connectivity index (χ1n) is 7.42. The summed E-state index contributed by atoms with van der Waals surface area (Å²) in [5, 5.41) is 2.79. The summed E-state index contributed by atoms with van der Waals surface area (Å²) in [6, 6.07) is 14.3. The summed E-state index contributed by atoms with van der Waals surface area (Å²) in [6.45, 7) is 1.71. The summed E-state index contributed by atoms with van der Waals surface area (Å²) in [5.41, 5.74) is 2.14. The molecule has 1 N–H and O–H groups in total. The van der Waals surface area contributed by atoms with Crippen molar-refractivity contribution in [2.24, 2.45) is 0 Å². The number of nitrogens with zero attached hydrogens (tertiary/aromatic N) is 1. The molecule has 0 saturated heterocycles. The van der Waals surface area contributed by atoms with Gasteiger partial charge in [0.25, 0.3) is 0 Å². The zero-order valence-electron chi connectivity index (χ0n) is 13.5. The highest BCUT2D eigenvalue weighted by molar-refractivity contribution is 9.10. The molecule has 0 spiro atoms. The molecule has 0 aromatic heterocycles. The zero-order chi connectivity index (χ0) is 17.7. The average molecular weight is 411 g/mol. The number of nitrogens with one attached hydrogen (secondary N) is 1. The predicted octanol–water partition coefficient (Wildman–Crippen LogP) is 3.42. The number of hydrogen-bond acceptors (Lipinski definition) is 3. The average Bonchev–Trinajstić information content (AvgIpc) is 2.52. The van der Waals surface area contributed by atoms with Crippen LogP contribution < -0.4 is 9.62 Å². The maximum absolute atomic E-state index is 12.4. The molecule has 1 amide bonds. The number of sulfonamides is 1. The summed E-state index contributed by atoms with van der Waals surface area (Å²) < 4.78 is 26.0. The Morgan fingerprint density at radius 2 is 1.88 bits per heavy atom. The maximum atomic E-state index is 12.4. The first kappa shape index (κ1) is 18.5. The van der Waals surface area contributed by atoms with Crippen LogP contribution in [0.5, 0.6) is 0 Å². The lowest BCUT2D eigenvalue weighted by atomic mass is 10.1. The van der Waals surface area contributed by atoms with Crippen molar-refractivity contribution in [3.8, 4) is 0 Å².